The average Bonchev–Trinajstić information content (AvgIpc) is 2.63. The molecule has 0 aromatic heterocycles. The van der Waals surface area contributed by atoms with E-state index in [1.165, 1.54) is 44.2 Å². The Hall–Kier alpha value is -2.15. The predicted molar refractivity (Wildman–Crippen MR) is 91.3 cm³/mol. The smallest absolute Gasteiger partial charge is 0.322 e. The van der Waals surface area contributed by atoms with Gasteiger partial charge in [0.25, 0.3) is 5.69 Å². The van der Waals surface area contributed by atoms with E-state index >= 15 is 0 Å². The largest absolute Gasteiger partial charge is 0.330 e. The van der Waals surface area contributed by atoms with E-state index in [0.29, 0.717) is 5.69 Å². The molecule has 2 N–H and O–H groups in total. The summed E-state index contributed by atoms with van der Waals surface area (Å²) in [6, 6.07) is 6.60. The van der Waals surface area contributed by atoms with Crippen molar-refractivity contribution in [2.24, 2.45) is 0 Å². The molecule has 24 heavy (non-hydrogen) atoms. The molecule has 2 amide bonds. The van der Waals surface area contributed by atoms with E-state index in [1.54, 1.807) is 17.0 Å². The van der Waals surface area contributed by atoms with E-state index in [-0.39, 0.29) is 11.7 Å². The Bertz CT molecular complexity index is 576. The van der Waals surface area contributed by atoms with Gasteiger partial charge in [0.15, 0.2) is 0 Å². The second-order valence-corrected chi connectivity index (χ2v) is 6.71. The fourth-order valence-electron chi connectivity index (χ4n) is 3.79. The van der Waals surface area contributed by atoms with Crippen LogP contribution in [0.5, 0.6) is 0 Å². The Morgan fingerprint density at radius 2 is 1.75 bits per heavy atom. The number of nitro benzene ring substituents is 1. The number of nitrogens with one attached hydrogen (secondary N) is 2. The van der Waals surface area contributed by atoms with Gasteiger partial charge in [-0.3, -0.25) is 10.1 Å². The van der Waals surface area contributed by atoms with E-state index < -0.39 is 4.92 Å². The first-order valence-electron chi connectivity index (χ1n) is 8.78. The first-order valence-corrected chi connectivity index (χ1v) is 8.78. The minimum atomic E-state index is -0.446. The number of urea groups is 1. The van der Waals surface area contributed by atoms with Gasteiger partial charge in [0, 0.05) is 17.8 Å². The molecule has 2 fully saturated rings. The van der Waals surface area contributed by atoms with Crippen molar-refractivity contribution in [2.75, 3.05) is 31.5 Å². The lowest BCUT2D eigenvalue weighted by Crippen LogP contribution is -3.18. The number of carbonyl (C=O) groups is 1. The van der Waals surface area contributed by atoms with Crippen LogP contribution in [0.3, 0.4) is 0 Å². The maximum atomic E-state index is 12.3. The molecule has 0 atom stereocenters. The number of piperazine rings is 1. The van der Waals surface area contributed by atoms with Gasteiger partial charge in [-0.1, -0.05) is 6.42 Å². The molecular weight excluding hydrogens is 308 g/mol. The lowest BCUT2D eigenvalue weighted by molar-refractivity contribution is -0.930. The molecule has 0 unspecified atom stereocenters. The van der Waals surface area contributed by atoms with E-state index in [1.807, 2.05) is 4.90 Å². The quantitative estimate of drug-likeness (QED) is 0.652. The molecule has 0 spiro atoms. The van der Waals surface area contributed by atoms with Crippen molar-refractivity contribution in [2.45, 2.75) is 38.1 Å². The molecule has 1 saturated carbocycles. The van der Waals surface area contributed by atoms with Gasteiger partial charge in [0.05, 0.1) is 37.1 Å². The summed E-state index contributed by atoms with van der Waals surface area (Å²) in [5.41, 5.74) is 0.616. The van der Waals surface area contributed by atoms with Gasteiger partial charge < -0.3 is 15.1 Å². The van der Waals surface area contributed by atoms with Gasteiger partial charge in [-0.05, 0) is 37.8 Å². The molecule has 0 radical (unpaired) electrons. The number of rotatable bonds is 3. The first-order chi connectivity index (χ1) is 11.6. The molecule has 3 rings (SSSR count). The number of hydrogen-bond donors (Lipinski definition) is 2. The van der Waals surface area contributed by atoms with E-state index in [4.69, 9.17) is 0 Å². The zero-order valence-electron chi connectivity index (χ0n) is 13.9. The Kier molecular flexibility index (Phi) is 5.30. The van der Waals surface area contributed by atoms with Crippen LogP contribution >= 0.6 is 0 Å². The van der Waals surface area contributed by atoms with Gasteiger partial charge in [-0.2, -0.15) is 0 Å². The number of nitrogens with zero attached hydrogens (tertiary/aromatic N) is 2. The van der Waals surface area contributed by atoms with Crippen LogP contribution in [0.25, 0.3) is 0 Å². The number of amides is 2. The van der Waals surface area contributed by atoms with Crippen LogP contribution in [0, 0.1) is 10.1 Å². The van der Waals surface area contributed by atoms with Crippen molar-refractivity contribution < 1.29 is 14.6 Å². The second kappa shape index (κ2) is 7.61. The standard InChI is InChI=1S/C17H24N4O3/c22-17(18-14-6-8-16(9-7-14)21(23)24)20-12-10-19(11-13-20)15-4-2-1-3-5-15/h6-9,15H,1-5,10-13H2,(H,18,22)/p+1. The summed E-state index contributed by atoms with van der Waals surface area (Å²) in [5.74, 6) is 0. The third-order valence-electron chi connectivity index (χ3n) is 5.20. The van der Waals surface area contributed by atoms with Crippen molar-refractivity contribution in [3.8, 4) is 0 Å². The van der Waals surface area contributed by atoms with Crippen LogP contribution in [-0.2, 0) is 0 Å². The monoisotopic (exact) mass is 333 g/mol. The maximum Gasteiger partial charge on any atom is 0.322 e. The highest BCUT2D eigenvalue weighted by molar-refractivity contribution is 5.89. The summed E-state index contributed by atoms with van der Waals surface area (Å²) in [7, 11) is 0. The fraction of sp³-hybridized carbons (Fsp3) is 0.588. The van der Waals surface area contributed by atoms with Crippen LogP contribution in [-0.4, -0.2) is 48.1 Å². The van der Waals surface area contributed by atoms with Crippen LogP contribution in [0.15, 0.2) is 24.3 Å². The Balaban J connectivity index is 1.48. The Morgan fingerprint density at radius 1 is 1.12 bits per heavy atom. The molecule has 1 aromatic carbocycles. The predicted octanol–water partition coefficient (Wildman–Crippen LogP) is 1.66. The van der Waals surface area contributed by atoms with Crippen molar-refractivity contribution >= 4 is 17.4 Å². The SMILES string of the molecule is O=C(Nc1ccc([N+](=O)[O-])cc1)N1CC[NH+](C2CCCCC2)CC1. The number of non-ortho nitro benzene ring substituents is 1. The highest BCUT2D eigenvalue weighted by Gasteiger charge is 2.30. The minimum absolute atomic E-state index is 0.0256. The van der Waals surface area contributed by atoms with Crippen molar-refractivity contribution in [1.29, 1.82) is 0 Å². The van der Waals surface area contributed by atoms with Crippen molar-refractivity contribution in [3.05, 3.63) is 34.4 Å². The minimum Gasteiger partial charge on any atom is -0.330 e. The summed E-state index contributed by atoms with van der Waals surface area (Å²) >= 11 is 0. The van der Waals surface area contributed by atoms with Crippen LogP contribution < -0.4 is 10.2 Å². The topological polar surface area (TPSA) is 79.9 Å². The molecule has 7 heteroatoms. The molecule has 1 aromatic rings. The van der Waals surface area contributed by atoms with Crippen LogP contribution in [0.1, 0.15) is 32.1 Å². The molecule has 1 saturated heterocycles. The molecule has 2 aliphatic rings. The maximum absolute atomic E-state index is 12.3. The molecule has 1 heterocycles. The molecule has 0 bridgehead atoms. The highest BCUT2D eigenvalue weighted by atomic mass is 16.6. The van der Waals surface area contributed by atoms with Gasteiger partial charge in [-0.25, -0.2) is 4.79 Å². The average molecular weight is 333 g/mol. The molecule has 1 aliphatic carbocycles. The zero-order chi connectivity index (χ0) is 16.9. The van der Waals surface area contributed by atoms with Gasteiger partial charge in [-0.15, -0.1) is 0 Å². The van der Waals surface area contributed by atoms with Crippen molar-refractivity contribution in [3.63, 3.8) is 0 Å². The van der Waals surface area contributed by atoms with Crippen LogP contribution in [0.2, 0.25) is 0 Å². The van der Waals surface area contributed by atoms with Gasteiger partial charge in [0.2, 0.25) is 0 Å². The molecule has 130 valence electrons. The lowest BCUT2D eigenvalue weighted by Gasteiger charge is -2.37. The molecule has 7 nitrogen and oxygen atoms in total. The summed E-state index contributed by atoms with van der Waals surface area (Å²) in [6.07, 6.45) is 6.71. The van der Waals surface area contributed by atoms with E-state index in [0.717, 1.165) is 32.2 Å². The summed E-state index contributed by atoms with van der Waals surface area (Å²) in [5, 5.41) is 13.5. The normalized spacial score (nSPS) is 19.9. The summed E-state index contributed by atoms with van der Waals surface area (Å²) in [4.78, 5) is 26.0. The highest BCUT2D eigenvalue weighted by Crippen LogP contribution is 2.17. The van der Waals surface area contributed by atoms with Crippen molar-refractivity contribution in [1.82, 2.24) is 4.90 Å². The number of nitro groups is 1. The Labute approximate surface area is 141 Å². The molecule has 1 aliphatic heterocycles. The number of anilines is 1. The first kappa shape index (κ1) is 16.7. The molecular formula is C17H25N4O3+. The fourth-order valence-corrected chi connectivity index (χ4v) is 3.79. The number of carbonyl (C=O) groups excluding carboxylic acids is 1. The third-order valence-corrected chi connectivity index (χ3v) is 5.20. The number of hydrogen-bond acceptors (Lipinski definition) is 3. The van der Waals surface area contributed by atoms with Crippen LogP contribution in [0.4, 0.5) is 16.2 Å². The van der Waals surface area contributed by atoms with E-state index in [2.05, 4.69) is 5.32 Å². The number of benzene rings is 1. The number of quaternary nitrogens is 1. The summed E-state index contributed by atoms with van der Waals surface area (Å²) in [6.45, 7) is 3.56. The van der Waals surface area contributed by atoms with E-state index in [9.17, 15) is 14.9 Å². The lowest BCUT2D eigenvalue weighted by atomic mass is 9.94. The Morgan fingerprint density at radius 3 is 2.33 bits per heavy atom. The zero-order valence-corrected chi connectivity index (χ0v) is 13.9. The van der Waals surface area contributed by atoms with Gasteiger partial charge >= 0.3 is 6.03 Å². The third kappa shape index (κ3) is 4.03. The summed E-state index contributed by atoms with van der Waals surface area (Å²) < 4.78 is 0. The second-order valence-electron chi connectivity index (χ2n) is 6.71. The van der Waals surface area contributed by atoms with Gasteiger partial charge in [0.1, 0.15) is 0 Å².